The number of carbonyl (C=O) groups is 1. The number of ether oxygens (including phenoxy) is 1. The molecule has 1 fully saturated rings. The molecule has 0 aromatic heterocycles. The Balaban J connectivity index is 1.50. The topological polar surface area (TPSA) is 74.8 Å². The number of hydrogen-bond acceptors (Lipinski definition) is 3. The SMILES string of the molecule is C#Cc1cccc(NC(=O)CNC(=NC)NC(C)c2ccc(OCC3CC3)c(F)c2)c1. The fourth-order valence-corrected chi connectivity index (χ4v) is 2.93. The van der Waals surface area contributed by atoms with E-state index in [1.165, 1.54) is 6.07 Å². The minimum atomic E-state index is -0.386. The molecule has 6 nitrogen and oxygen atoms in total. The molecule has 1 saturated carbocycles. The third kappa shape index (κ3) is 6.75. The summed E-state index contributed by atoms with van der Waals surface area (Å²) in [6.45, 7) is 2.46. The molecule has 3 rings (SSSR count). The lowest BCUT2D eigenvalue weighted by Gasteiger charge is -2.19. The summed E-state index contributed by atoms with van der Waals surface area (Å²) in [5.74, 6) is 3.16. The Hall–Kier alpha value is -3.53. The Morgan fingerprint density at radius 2 is 2.13 bits per heavy atom. The van der Waals surface area contributed by atoms with Crippen molar-refractivity contribution in [1.82, 2.24) is 10.6 Å². The third-order valence-electron chi connectivity index (χ3n) is 4.93. The quantitative estimate of drug-likeness (QED) is 0.346. The zero-order valence-electron chi connectivity index (χ0n) is 17.7. The fraction of sp³-hybridized carbons (Fsp3) is 0.333. The van der Waals surface area contributed by atoms with Crippen molar-refractivity contribution in [2.45, 2.75) is 25.8 Å². The van der Waals surface area contributed by atoms with E-state index < -0.39 is 0 Å². The maximum Gasteiger partial charge on any atom is 0.243 e. The number of nitrogens with zero attached hydrogens (tertiary/aromatic N) is 1. The van der Waals surface area contributed by atoms with Gasteiger partial charge in [0, 0.05) is 18.3 Å². The van der Waals surface area contributed by atoms with Crippen LogP contribution in [-0.2, 0) is 4.79 Å². The zero-order valence-corrected chi connectivity index (χ0v) is 17.7. The number of amides is 1. The summed E-state index contributed by atoms with van der Waals surface area (Å²) in [5.41, 5.74) is 2.06. The van der Waals surface area contributed by atoms with Crippen molar-refractivity contribution in [2.24, 2.45) is 10.9 Å². The highest BCUT2D eigenvalue weighted by molar-refractivity contribution is 5.95. The lowest BCUT2D eigenvalue weighted by molar-refractivity contribution is -0.115. The summed E-state index contributed by atoms with van der Waals surface area (Å²) in [7, 11) is 1.60. The highest BCUT2D eigenvalue weighted by Crippen LogP contribution is 2.30. The van der Waals surface area contributed by atoms with Crippen molar-refractivity contribution in [3.05, 3.63) is 59.4 Å². The Morgan fingerprint density at radius 3 is 2.81 bits per heavy atom. The first-order chi connectivity index (χ1) is 15.0. The molecule has 0 radical (unpaired) electrons. The Bertz CT molecular complexity index is 995. The second-order valence-corrected chi connectivity index (χ2v) is 7.51. The molecule has 0 saturated heterocycles. The molecule has 1 aliphatic carbocycles. The smallest absolute Gasteiger partial charge is 0.243 e. The maximum atomic E-state index is 14.4. The van der Waals surface area contributed by atoms with Crippen LogP contribution in [0.3, 0.4) is 0 Å². The molecular formula is C24H27FN4O2. The molecule has 1 atom stereocenters. The number of benzene rings is 2. The summed E-state index contributed by atoms with van der Waals surface area (Å²) < 4.78 is 19.9. The van der Waals surface area contributed by atoms with Crippen molar-refractivity contribution >= 4 is 17.6 Å². The van der Waals surface area contributed by atoms with Crippen molar-refractivity contribution < 1.29 is 13.9 Å². The normalized spacial score (nSPS) is 14.3. The van der Waals surface area contributed by atoms with Crippen LogP contribution in [-0.4, -0.2) is 32.1 Å². The van der Waals surface area contributed by atoms with E-state index in [9.17, 15) is 9.18 Å². The molecule has 3 N–H and O–H groups in total. The van der Waals surface area contributed by atoms with Crippen LogP contribution in [0.15, 0.2) is 47.5 Å². The molecule has 1 aliphatic rings. The summed E-state index contributed by atoms with van der Waals surface area (Å²) in [4.78, 5) is 16.3. The average molecular weight is 423 g/mol. The fourth-order valence-electron chi connectivity index (χ4n) is 2.93. The van der Waals surface area contributed by atoms with Crippen LogP contribution in [0.5, 0.6) is 5.75 Å². The highest BCUT2D eigenvalue weighted by Gasteiger charge is 2.22. The van der Waals surface area contributed by atoms with Crippen LogP contribution >= 0.6 is 0 Å². The maximum absolute atomic E-state index is 14.4. The first-order valence-electron chi connectivity index (χ1n) is 10.2. The Labute approximate surface area is 182 Å². The van der Waals surface area contributed by atoms with Gasteiger partial charge in [0.05, 0.1) is 19.2 Å². The molecule has 0 heterocycles. The van der Waals surface area contributed by atoms with Gasteiger partial charge in [-0.05, 0) is 61.6 Å². The molecule has 1 unspecified atom stereocenters. The van der Waals surface area contributed by atoms with Gasteiger partial charge in [-0.3, -0.25) is 9.79 Å². The van der Waals surface area contributed by atoms with E-state index in [4.69, 9.17) is 11.2 Å². The molecule has 162 valence electrons. The predicted octanol–water partition coefficient (Wildman–Crippen LogP) is 3.46. The third-order valence-corrected chi connectivity index (χ3v) is 4.93. The molecule has 2 aromatic carbocycles. The van der Waals surface area contributed by atoms with Gasteiger partial charge in [0.1, 0.15) is 0 Å². The van der Waals surface area contributed by atoms with Crippen LogP contribution in [0, 0.1) is 24.1 Å². The Kier molecular flexibility index (Phi) is 7.50. The summed E-state index contributed by atoms with van der Waals surface area (Å²) in [6, 6.07) is 11.8. The van der Waals surface area contributed by atoms with E-state index in [1.807, 2.05) is 13.0 Å². The van der Waals surface area contributed by atoms with E-state index >= 15 is 0 Å². The van der Waals surface area contributed by atoms with Crippen LogP contribution in [0.4, 0.5) is 10.1 Å². The molecule has 0 spiro atoms. The standard InChI is InChI=1S/C24H27FN4O2/c1-4-17-6-5-7-20(12-17)29-23(30)14-27-24(26-3)28-16(2)19-10-11-22(21(25)13-19)31-15-18-8-9-18/h1,5-7,10-13,16,18H,8-9,14-15H2,2-3H3,(H,29,30)(H2,26,27,28). The van der Waals surface area contributed by atoms with Crippen molar-refractivity contribution in [3.8, 4) is 18.1 Å². The number of hydrogen-bond donors (Lipinski definition) is 3. The molecule has 1 amide bonds. The number of aliphatic imine (C=N–C) groups is 1. The second kappa shape index (κ2) is 10.5. The highest BCUT2D eigenvalue weighted by atomic mass is 19.1. The number of guanidine groups is 1. The molecule has 0 aliphatic heterocycles. The van der Waals surface area contributed by atoms with Gasteiger partial charge in [-0.15, -0.1) is 6.42 Å². The molecule has 0 bridgehead atoms. The molecular weight excluding hydrogens is 395 g/mol. The van der Waals surface area contributed by atoms with Crippen LogP contribution in [0.1, 0.15) is 36.9 Å². The predicted molar refractivity (Wildman–Crippen MR) is 121 cm³/mol. The number of halogens is 1. The van der Waals surface area contributed by atoms with Gasteiger partial charge >= 0.3 is 0 Å². The molecule has 31 heavy (non-hydrogen) atoms. The van der Waals surface area contributed by atoms with Crippen LogP contribution in [0.25, 0.3) is 0 Å². The monoisotopic (exact) mass is 422 g/mol. The summed E-state index contributed by atoms with van der Waals surface area (Å²) >= 11 is 0. The minimum Gasteiger partial charge on any atom is -0.490 e. The van der Waals surface area contributed by atoms with Crippen molar-refractivity contribution in [1.29, 1.82) is 0 Å². The lowest BCUT2D eigenvalue weighted by atomic mass is 10.1. The van der Waals surface area contributed by atoms with E-state index in [2.05, 4.69) is 26.9 Å². The van der Waals surface area contributed by atoms with Crippen molar-refractivity contribution in [3.63, 3.8) is 0 Å². The molecule has 2 aromatic rings. The second-order valence-electron chi connectivity index (χ2n) is 7.51. The van der Waals surface area contributed by atoms with E-state index in [-0.39, 0.29) is 30.1 Å². The van der Waals surface area contributed by atoms with Gasteiger partial charge in [-0.2, -0.15) is 0 Å². The average Bonchev–Trinajstić information content (AvgIpc) is 3.60. The largest absolute Gasteiger partial charge is 0.490 e. The molecule has 7 heteroatoms. The van der Waals surface area contributed by atoms with Gasteiger partial charge in [-0.25, -0.2) is 4.39 Å². The first-order valence-corrected chi connectivity index (χ1v) is 10.2. The van der Waals surface area contributed by atoms with Crippen LogP contribution < -0.4 is 20.7 Å². The van der Waals surface area contributed by atoms with Gasteiger partial charge in [0.25, 0.3) is 0 Å². The summed E-state index contributed by atoms with van der Waals surface area (Å²) in [6.07, 6.45) is 7.69. The number of terminal acetylenes is 1. The van der Waals surface area contributed by atoms with Crippen molar-refractivity contribution in [2.75, 3.05) is 25.5 Å². The number of nitrogens with one attached hydrogen (secondary N) is 3. The number of anilines is 1. The summed E-state index contributed by atoms with van der Waals surface area (Å²) in [5, 5.41) is 8.88. The lowest BCUT2D eigenvalue weighted by Crippen LogP contribution is -2.42. The zero-order chi connectivity index (χ0) is 22.2. The van der Waals surface area contributed by atoms with Gasteiger partial charge in [0.2, 0.25) is 5.91 Å². The van der Waals surface area contributed by atoms with E-state index in [1.54, 1.807) is 37.4 Å². The number of carbonyl (C=O) groups excluding carboxylic acids is 1. The Morgan fingerprint density at radius 1 is 1.32 bits per heavy atom. The van der Waals surface area contributed by atoms with Gasteiger partial charge in [-0.1, -0.05) is 18.1 Å². The van der Waals surface area contributed by atoms with Crippen LogP contribution in [0.2, 0.25) is 0 Å². The van der Waals surface area contributed by atoms with E-state index in [0.29, 0.717) is 29.7 Å². The van der Waals surface area contributed by atoms with E-state index in [0.717, 1.165) is 18.4 Å². The first kappa shape index (κ1) is 22.2. The van der Waals surface area contributed by atoms with Gasteiger partial charge in [0.15, 0.2) is 17.5 Å². The number of rotatable bonds is 8. The van der Waals surface area contributed by atoms with Gasteiger partial charge < -0.3 is 20.7 Å². The minimum absolute atomic E-state index is 0.00891.